The minimum Gasteiger partial charge on any atom is -0.488 e. The molecule has 0 fully saturated rings. The Morgan fingerprint density at radius 2 is 2.26 bits per heavy atom. The molecule has 2 rings (SSSR count). The van der Waals surface area contributed by atoms with Gasteiger partial charge in [-0.1, -0.05) is 31.5 Å². The van der Waals surface area contributed by atoms with Gasteiger partial charge in [-0.2, -0.15) is 0 Å². The van der Waals surface area contributed by atoms with Gasteiger partial charge < -0.3 is 9.84 Å². The molecule has 1 aliphatic rings. The molecule has 2 unspecified atom stereocenters. The third-order valence-electron chi connectivity index (χ3n) is 3.66. The van der Waals surface area contributed by atoms with E-state index in [1.165, 1.54) is 5.56 Å². The SMILES string of the molecule is CCCC(C)(NCC1Cc2ccccc2O1)C(=O)O. The number of rotatable bonds is 6. The summed E-state index contributed by atoms with van der Waals surface area (Å²) in [6.07, 6.45) is 2.31. The van der Waals surface area contributed by atoms with E-state index in [1.54, 1.807) is 6.92 Å². The molecule has 0 aliphatic carbocycles. The Morgan fingerprint density at radius 3 is 2.89 bits per heavy atom. The van der Waals surface area contributed by atoms with Crippen molar-refractivity contribution in [3.05, 3.63) is 29.8 Å². The molecule has 1 aliphatic heterocycles. The number of fused-ring (bicyclic) bond motifs is 1. The summed E-state index contributed by atoms with van der Waals surface area (Å²) >= 11 is 0. The first kappa shape index (κ1) is 13.9. The Hall–Kier alpha value is -1.55. The van der Waals surface area contributed by atoms with Crippen molar-refractivity contribution in [2.24, 2.45) is 0 Å². The van der Waals surface area contributed by atoms with Crippen LogP contribution in [0.4, 0.5) is 0 Å². The van der Waals surface area contributed by atoms with Crippen molar-refractivity contribution in [3.63, 3.8) is 0 Å². The second kappa shape index (κ2) is 5.61. The molecule has 0 bridgehead atoms. The first-order valence-electron chi connectivity index (χ1n) is 6.78. The Bertz CT molecular complexity index is 435. The summed E-state index contributed by atoms with van der Waals surface area (Å²) in [7, 11) is 0. The van der Waals surface area contributed by atoms with Crippen LogP contribution in [-0.4, -0.2) is 29.3 Å². The van der Waals surface area contributed by atoms with Crippen molar-refractivity contribution >= 4 is 5.97 Å². The Kier molecular flexibility index (Phi) is 4.10. The van der Waals surface area contributed by atoms with Crippen LogP contribution in [0, 0.1) is 0 Å². The molecule has 0 aromatic heterocycles. The monoisotopic (exact) mass is 263 g/mol. The van der Waals surface area contributed by atoms with Crippen LogP contribution < -0.4 is 10.1 Å². The second-order valence-electron chi connectivity index (χ2n) is 5.32. The predicted octanol–water partition coefficient (Wildman–Crippen LogP) is 2.22. The van der Waals surface area contributed by atoms with E-state index in [9.17, 15) is 9.90 Å². The molecular formula is C15H21NO3. The van der Waals surface area contributed by atoms with Crippen LogP contribution >= 0.6 is 0 Å². The standard InChI is InChI=1S/C15H21NO3/c1-3-8-15(2,14(17)18)16-10-12-9-11-6-4-5-7-13(11)19-12/h4-7,12,16H,3,8-10H2,1-2H3,(H,17,18). The van der Waals surface area contributed by atoms with Crippen LogP contribution in [0.15, 0.2) is 24.3 Å². The Balaban J connectivity index is 1.92. The van der Waals surface area contributed by atoms with Gasteiger partial charge in [0.1, 0.15) is 17.4 Å². The highest BCUT2D eigenvalue weighted by Gasteiger charge is 2.33. The quantitative estimate of drug-likeness (QED) is 0.826. The molecule has 1 aromatic rings. The predicted molar refractivity (Wildman–Crippen MR) is 73.5 cm³/mol. The number of carboxylic acid groups (broad SMARTS) is 1. The van der Waals surface area contributed by atoms with Gasteiger partial charge in [0.2, 0.25) is 0 Å². The molecule has 1 heterocycles. The number of carbonyl (C=O) groups is 1. The molecule has 2 N–H and O–H groups in total. The van der Waals surface area contributed by atoms with Crippen molar-refractivity contribution in [1.82, 2.24) is 5.32 Å². The fourth-order valence-corrected chi connectivity index (χ4v) is 2.48. The molecule has 0 spiro atoms. The third kappa shape index (κ3) is 3.07. The van der Waals surface area contributed by atoms with Gasteiger partial charge in [0.25, 0.3) is 0 Å². The van der Waals surface area contributed by atoms with E-state index in [2.05, 4.69) is 11.4 Å². The normalized spacial score (nSPS) is 20.4. The van der Waals surface area contributed by atoms with Gasteiger partial charge in [-0.3, -0.25) is 10.1 Å². The van der Waals surface area contributed by atoms with E-state index in [4.69, 9.17) is 4.74 Å². The number of hydrogen-bond donors (Lipinski definition) is 2. The molecule has 0 saturated carbocycles. The number of nitrogens with one attached hydrogen (secondary N) is 1. The fourth-order valence-electron chi connectivity index (χ4n) is 2.48. The summed E-state index contributed by atoms with van der Waals surface area (Å²) in [5.41, 5.74) is 0.328. The first-order valence-corrected chi connectivity index (χ1v) is 6.78. The lowest BCUT2D eigenvalue weighted by Crippen LogP contribution is -2.52. The zero-order chi connectivity index (χ0) is 13.9. The van der Waals surface area contributed by atoms with Crippen LogP contribution in [0.3, 0.4) is 0 Å². The highest BCUT2D eigenvalue weighted by molar-refractivity contribution is 5.78. The number of carboxylic acids is 1. The summed E-state index contributed by atoms with van der Waals surface area (Å²) in [5, 5.41) is 12.5. The number of benzene rings is 1. The smallest absolute Gasteiger partial charge is 0.323 e. The van der Waals surface area contributed by atoms with Crippen LogP contribution in [0.1, 0.15) is 32.3 Å². The molecule has 1 aromatic carbocycles. The zero-order valence-electron chi connectivity index (χ0n) is 11.5. The summed E-state index contributed by atoms with van der Waals surface area (Å²) < 4.78 is 5.80. The Labute approximate surface area is 113 Å². The molecular weight excluding hydrogens is 242 g/mol. The lowest BCUT2D eigenvalue weighted by Gasteiger charge is -2.27. The molecule has 0 saturated heterocycles. The van der Waals surface area contributed by atoms with E-state index in [0.29, 0.717) is 13.0 Å². The van der Waals surface area contributed by atoms with Gasteiger partial charge in [0, 0.05) is 13.0 Å². The number of ether oxygens (including phenoxy) is 1. The molecule has 19 heavy (non-hydrogen) atoms. The lowest BCUT2D eigenvalue weighted by atomic mass is 9.96. The average molecular weight is 263 g/mol. The fraction of sp³-hybridized carbons (Fsp3) is 0.533. The number of hydrogen-bond acceptors (Lipinski definition) is 3. The Morgan fingerprint density at radius 1 is 1.53 bits per heavy atom. The lowest BCUT2D eigenvalue weighted by molar-refractivity contribution is -0.144. The summed E-state index contributed by atoms with van der Waals surface area (Å²) in [5.74, 6) is 0.117. The first-order chi connectivity index (χ1) is 9.05. The largest absolute Gasteiger partial charge is 0.488 e. The summed E-state index contributed by atoms with van der Waals surface area (Å²) in [6.45, 7) is 4.28. The molecule has 4 nitrogen and oxygen atoms in total. The van der Waals surface area contributed by atoms with Gasteiger partial charge in [-0.25, -0.2) is 0 Å². The van der Waals surface area contributed by atoms with E-state index < -0.39 is 11.5 Å². The van der Waals surface area contributed by atoms with Crippen molar-refractivity contribution in [1.29, 1.82) is 0 Å². The topological polar surface area (TPSA) is 58.6 Å². The van der Waals surface area contributed by atoms with Gasteiger partial charge in [-0.15, -0.1) is 0 Å². The minimum atomic E-state index is -0.868. The van der Waals surface area contributed by atoms with Gasteiger partial charge >= 0.3 is 5.97 Å². The molecule has 104 valence electrons. The van der Waals surface area contributed by atoms with Gasteiger partial charge in [0.05, 0.1) is 0 Å². The maximum atomic E-state index is 11.3. The molecule has 0 amide bonds. The maximum absolute atomic E-state index is 11.3. The van der Waals surface area contributed by atoms with Crippen molar-refractivity contribution < 1.29 is 14.6 Å². The van der Waals surface area contributed by atoms with E-state index in [1.807, 2.05) is 25.1 Å². The van der Waals surface area contributed by atoms with Crippen LogP contribution in [0.5, 0.6) is 5.75 Å². The van der Waals surface area contributed by atoms with Gasteiger partial charge in [0.15, 0.2) is 0 Å². The van der Waals surface area contributed by atoms with E-state index >= 15 is 0 Å². The molecule has 0 radical (unpaired) electrons. The van der Waals surface area contributed by atoms with Gasteiger partial charge in [-0.05, 0) is 25.0 Å². The zero-order valence-corrected chi connectivity index (χ0v) is 11.5. The molecule has 2 atom stereocenters. The summed E-state index contributed by atoms with van der Waals surface area (Å²) in [4.78, 5) is 11.3. The van der Waals surface area contributed by atoms with Crippen molar-refractivity contribution in [2.45, 2.75) is 44.8 Å². The van der Waals surface area contributed by atoms with Crippen LogP contribution in [0.2, 0.25) is 0 Å². The van der Waals surface area contributed by atoms with Crippen molar-refractivity contribution in [3.8, 4) is 5.75 Å². The number of aliphatic carboxylic acids is 1. The average Bonchev–Trinajstić information content (AvgIpc) is 2.79. The second-order valence-corrected chi connectivity index (χ2v) is 5.32. The number of para-hydroxylation sites is 1. The molecule has 4 heteroatoms. The van der Waals surface area contributed by atoms with Crippen LogP contribution in [-0.2, 0) is 11.2 Å². The third-order valence-corrected chi connectivity index (χ3v) is 3.66. The van der Waals surface area contributed by atoms with E-state index in [0.717, 1.165) is 18.6 Å². The van der Waals surface area contributed by atoms with E-state index in [-0.39, 0.29) is 6.10 Å². The van der Waals surface area contributed by atoms with Crippen molar-refractivity contribution in [2.75, 3.05) is 6.54 Å². The highest BCUT2D eigenvalue weighted by Crippen LogP contribution is 2.28. The maximum Gasteiger partial charge on any atom is 0.323 e. The van der Waals surface area contributed by atoms with Crippen LogP contribution in [0.25, 0.3) is 0 Å². The minimum absolute atomic E-state index is 0.0212. The summed E-state index contributed by atoms with van der Waals surface area (Å²) in [6, 6.07) is 7.96. The highest BCUT2D eigenvalue weighted by atomic mass is 16.5.